The molecule has 0 N–H and O–H groups in total. The van der Waals surface area contributed by atoms with Gasteiger partial charge in [0.2, 0.25) is 0 Å². The summed E-state index contributed by atoms with van der Waals surface area (Å²) in [5, 5.41) is 8.82. The molecular formula is C20H19FN2O2. The van der Waals surface area contributed by atoms with E-state index in [0.29, 0.717) is 17.9 Å². The van der Waals surface area contributed by atoms with Crippen molar-refractivity contribution in [1.29, 1.82) is 5.26 Å². The van der Waals surface area contributed by atoms with Crippen LogP contribution in [0.3, 0.4) is 0 Å². The summed E-state index contributed by atoms with van der Waals surface area (Å²) in [6.45, 7) is 2.17. The molecule has 1 saturated carbocycles. The summed E-state index contributed by atoms with van der Waals surface area (Å²) >= 11 is 0. The highest BCUT2D eigenvalue weighted by molar-refractivity contribution is 5.81. The van der Waals surface area contributed by atoms with Crippen LogP contribution in [0.25, 0.3) is 0 Å². The minimum Gasteiger partial charge on any atom is -0.481 e. The molecule has 1 amide bonds. The van der Waals surface area contributed by atoms with E-state index in [1.165, 1.54) is 12.1 Å². The third-order valence-corrected chi connectivity index (χ3v) is 4.18. The van der Waals surface area contributed by atoms with Gasteiger partial charge in [-0.25, -0.2) is 4.39 Å². The molecule has 0 saturated heterocycles. The van der Waals surface area contributed by atoms with Crippen LogP contribution in [0.1, 0.15) is 30.9 Å². The number of amides is 1. The van der Waals surface area contributed by atoms with Gasteiger partial charge in [0.1, 0.15) is 11.6 Å². The number of rotatable bonds is 6. The van der Waals surface area contributed by atoms with Gasteiger partial charge < -0.3 is 9.64 Å². The van der Waals surface area contributed by atoms with Crippen molar-refractivity contribution in [2.24, 2.45) is 0 Å². The first-order valence-corrected chi connectivity index (χ1v) is 8.28. The van der Waals surface area contributed by atoms with Crippen molar-refractivity contribution >= 4 is 5.91 Å². The number of nitriles is 1. The van der Waals surface area contributed by atoms with Gasteiger partial charge in [-0.2, -0.15) is 5.26 Å². The second-order valence-electron chi connectivity index (χ2n) is 6.22. The van der Waals surface area contributed by atoms with Crippen LogP contribution in [0.2, 0.25) is 0 Å². The van der Waals surface area contributed by atoms with Gasteiger partial charge in [-0.3, -0.25) is 4.79 Å². The Morgan fingerprint density at radius 3 is 2.44 bits per heavy atom. The van der Waals surface area contributed by atoms with E-state index in [4.69, 9.17) is 10.00 Å². The summed E-state index contributed by atoms with van der Waals surface area (Å²) in [6, 6.07) is 15.2. The molecule has 4 nitrogen and oxygen atoms in total. The van der Waals surface area contributed by atoms with Crippen molar-refractivity contribution < 1.29 is 13.9 Å². The highest BCUT2D eigenvalue weighted by Crippen LogP contribution is 2.29. The van der Waals surface area contributed by atoms with Gasteiger partial charge in [-0.15, -0.1) is 0 Å². The van der Waals surface area contributed by atoms with Gasteiger partial charge in [0.15, 0.2) is 6.10 Å². The fourth-order valence-electron chi connectivity index (χ4n) is 2.66. The monoisotopic (exact) mass is 338 g/mol. The Hall–Kier alpha value is -2.87. The van der Waals surface area contributed by atoms with Crippen molar-refractivity contribution in [3.63, 3.8) is 0 Å². The van der Waals surface area contributed by atoms with Crippen LogP contribution in [-0.2, 0) is 11.3 Å². The van der Waals surface area contributed by atoms with Gasteiger partial charge in [0.05, 0.1) is 11.6 Å². The van der Waals surface area contributed by atoms with Crippen molar-refractivity contribution in [1.82, 2.24) is 4.90 Å². The smallest absolute Gasteiger partial charge is 0.263 e. The second kappa shape index (κ2) is 7.35. The molecule has 2 aromatic carbocycles. The fraction of sp³-hybridized carbons (Fsp3) is 0.300. The van der Waals surface area contributed by atoms with E-state index >= 15 is 0 Å². The highest BCUT2D eigenvalue weighted by atomic mass is 19.1. The molecule has 0 aliphatic heterocycles. The molecule has 0 heterocycles. The molecular weight excluding hydrogens is 319 g/mol. The van der Waals surface area contributed by atoms with E-state index in [2.05, 4.69) is 0 Å². The Kier molecular flexibility index (Phi) is 4.99. The van der Waals surface area contributed by atoms with Gasteiger partial charge in [-0.05, 0) is 61.7 Å². The first-order valence-electron chi connectivity index (χ1n) is 8.28. The van der Waals surface area contributed by atoms with Gasteiger partial charge in [0.25, 0.3) is 5.91 Å². The van der Waals surface area contributed by atoms with E-state index in [-0.39, 0.29) is 17.8 Å². The minimum absolute atomic E-state index is 0.0869. The lowest BCUT2D eigenvalue weighted by Gasteiger charge is -2.26. The first kappa shape index (κ1) is 17.0. The molecule has 1 atom stereocenters. The van der Waals surface area contributed by atoms with Crippen LogP contribution in [-0.4, -0.2) is 23.0 Å². The number of hydrogen-bond donors (Lipinski definition) is 0. The summed E-state index contributed by atoms with van der Waals surface area (Å²) in [6.07, 6.45) is 1.33. The molecule has 0 aromatic heterocycles. The van der Waals surface area contributed by atoms with Crippen LogP contribution in [0.4, 0.5) is 4.39 Å². The predicted molar refractivity (Wildman–Crippen MR) is 91.2 cm³/mol. The Morgan fingerprint density at radius 2 is 1.88 bits per heavy atom. The quantitative estimate of drug-likeness (QED) is 0.808. The molecule has 0 spiro atoms. The summed E-state index contributed by atoms with van der Waals surface area (Å²) in [7, 11) is 0. The number of halogens is 1. The molecule has 0 bridgehead atoms. The van der Waals surface area contributed by atoms with E-state index in [0.717, 1.165) is 18.4 Å². The first-order chi connectivity index (χ1) is 12.1. The highest BCUT2D eigenvalue weighted by Gasteiger charge is 2.35. The lowest BCUT2D eigenvalue weighted by atomic mass is 10.2. The van der Waals surface area contributed by atoms with E-state index in [1.54, 1.807) is 43.3 Å². The molecule has 128 valence electrons. The number of carbonyl (C=O) groups excluding carboxylic acids is 1. The zero-order valence-electron chi connectivity index (χ0n) is 14.0. The molecule has 1 aliphatic carbocycles. The maximum atomic E-state index is 13.1. The SMILES string of the molecule is CC(Oc1ccc(C#N)cc1)C(=O)N(Cc1ccc(F)cc1)C1CC1. The van der Waals surface area contributed by atoms with Crippen LogP contribution >= 0.6 is 0 Å². The summed E-state index contributed by atoms with van der Waals surface area (Å²) < 4.78 is 18.8. The summed E-state index contributed by atoms with van der Waals surface area (Å²) in [4.78, 5) is 14.6. The normalized spacial score (nSPS) is 14.4. The summed E-state index contributed by atoms with van der Waals surface area (Å²) in [5.41, 5.74) is 1.44. The maximum absolute atomic E-state index is 13.1. The molecule has 25 heavy (non-hydrogen) atoms. The Balaban J connectivity index is 1.67. The standard InChI is InChI=1S/C20H19FN2O2/c1-14(25-19-10-4-15(12-22)5-11-19)20(24)23(18-8-9-18)13-16-2-6-17(21)7-3-16/h2-7,10-11,14,18H,8-9,13H2,1H3. The van der Waals surface area contributed by atoms with Crippen molar-refractivity contribution in [2.75, 3.05) is 0 Å². The molecule has 1 aliphatic rings. The van der Waals surface area contributed by atoms with Gasteiger partial charge in [-0.1, -0.05) is 12.1 Å². The van der Waals surface area contributed by atoms with Crippen molar-refractivity contribution in [2.45, 2.75) is 38.5 Å². The minimum atomic E-state index is -0.631. The Bertz CT molecular complexity index is 777. The molecule has 3 rings (SSSR count). The van der Waals surface area contributed by atoms with Crippen molar-refractivity contribution in [3.8, 4) is 11.8 Å². The zero-order valence-corrected chi connectivity index (χ0v) is 14.0. The predicted octanol–water partition coefficient (Wildman–Crippen LogP) is 3.66. The molecule has 5 heteroatoms. The van der Waals surface area contributed by atoms with Gasteiger partial charge in [0, 0.05) is 12.6 Å². The third-order valence-electron chi connectivity index (χ3n) is 4.18. The van der Waals surface area contributed by atoms with Crippen LogP contribution in [0.15, 0.2) is 48.5 Å². The number of hydrogen-bond acceptors (Lipinski definition) is 3. The number of carbonyl (C=O) groups is 1. The van der Waals surface area contributed by atoms with Crippen molar-refractivity contribution in [3.05, 3.63) is 65.5 Å². The zero-order chi connectivity index (χ0) is 17.8. The topological polar surface area (TPSA) is 53.3 Å². The Morgan fingerprint density at radius 1 is 1.24 bits per heavy atom. The lowest BCUT2D eigenvalue weighted by molar-refractivity contribution is -0.139. The average Bonchev–Trinajstić information content (AvgIpc) is 3.46. The van der Waals surface area contributed by atoms with E-state index in [1.807, 2.05) is 11.0 Å². The van der Waals surface area contributed by atoms with Crippen LogP contribution in [0, 0.1) is 17.1 Å². The number of nitrogens with zero attached hydrogens (tertiary/aromatic N) is 2. The molecule has 1 unspecified atom stereocenters. The number of benzene rings is 2. The average molecular weight is 338 g/mol. The third kappa shape index (κ3) is 4.36. The second-order valence-corrected chi connectivity index (χ2v) is 6.22. The Labute approximate surface area is 146 Å². The molecule has 0 radical (unpaired) electrons. The van der Waals surface area contributed by atoms with Crippen LogP contribution < -0.4 is 4.74 Å². The van der Waals surface area contributed by atoms with E-state index in [9.17, 15) is 9.18 Å². The molecule has 2 aromatic rings. The maximum Gasteiger partial charge on any atom is 0.263 e. The summed E-state index contributed by atoms with van der Waals surface area (Å²) in [5.74, 6) is 0.180. The van der Waals surface area contributed by atoms with Crippen LogP contribution in [0.5, 0.6) is 5.75 Å². The van der Waals surface area contributed by atoms with E-state index < -0.39 is 6.10 Å². The van der Waals surface area contributed by atoms with Gasteiger partial charge >= 0.3 is 0 Å². The molecule has 1 fully saturated rings. The largest absolute Gasteiger partial charge is 0.481 e. The number of ether oxygens (including phenoxy) is 1. The lowest BCUT2D eigenvalue weighted by Crippen LogP contribution is -2.41. The fourth-order valence-corrected chi connectivity index (χ4v) is 2.66.